The molecule has 8 nitrogen and oxygen atoms in total. The maximum absolute atomic E-state index is 5.01. The molecular formula is C31H44N8. The Balaban J connectivity index is 1.16. The Labute approximate surface area is 232 Å². The molecule has 0 radical (unpaired) electrons. The fourth-order valence-electron chi connectivity index (χ4n) is 7.10. The van der Waals surface area contributed by atoms with Gasteiger partial charge in [0, 0.05) is 37.3 Å². The predicted molar refractivity (Wildman–Crippen MR) is 161 cm³/mol. The smallest absolute Gasteiger partial charge is 0.230 e. The highest BCUT2D eigenvalue weighted by Crippen LogP contribution is 2.42. The maximum Gasteiger partial charge on any atom is 0.230 e. The van der Waals surface area contributed by atoms with Gasteiger partial charge in [-0.15, -0.1) is 0 Å². The van der Waals surface area contributed by atoms with E-state index in [4.69, 9.17) is 9.97 Å². The van der Waals surface area contributed by atoms with Gasteiger partial charge in [0.15, 0.2) is 0 Å². The van der Waals surface area contributed by atoms with Crippen molar-refractivity contribution in [3.05, 3.63) is 42.9 Å². The van der Waals surface area contributed by atoms with E-state index < -0.39 is 0 Å². The van der Waals surface area contributed by atoms with Crippen molar-refractivity contribution >= 4 is 34.2 Å². The molecule has 39 heavy (non-hydrogen) atoms. The van der Waals surface area contributed by atoms with Crippen molar-refractivity contribution in [3.8, 4) is 0 Å². The second-order valence-corrected chi connectivity index (χ2v) is 11.7. The van der Waals surface area contributed by atoms with E-state index in [1.54, 1.807) is 0 Å². The van der Waals surface area contributed by atoms with Gasteiger partial charge in [0.25, 0.3) is 0 Å². The first-order valence-electron chi connectivity index (χ1n) is 15.1. The van der Waals surface area contributed by atoms with E-state index in [9.17, 15) is 0 Å². The number of nitrogens with one attached hydrogen (secondary N) is 2. The SMILES string of the molecule is C=C1NCC2(CCCCC2)n2c1cc1cnc(Nc3ccc(N4CCC(N(CCC)CCC)CC4)cn3)nc12. The largest absolute Gasteiger partial charge is 0.381 e. The van der Waals surface area contributed by atoms with Gasteiger partial charge in [-0.1, -0.05) is 39.7 Å². The first-order valence-corrected chi connectivity index (χ1v) is 15.1. The molecule has 6 rings (SSSR count). The normalized spacial score (nSPS) is 19.5. The van der Waals surface area contributed by atoms with Crippen molar-refractivity contribution in [2.45, 2.75) is 83.2 Å². The van der Waals surface area contributed by atoms with Crippen LogP contribution in [0.3, 0.4) is 0 Å². The zero-order valence-corrected chi connectivity index (χ0v) is 23.8. The van der Waals surface area contributed by atoms with Crippen LogP contribution in [0.4, 0.5) is 17.5 Å². The van der Waals surface area contributed by atoms with Crippen molar-refractivity contribution in [1.82, 2.24) is 29.7 Å². The lowest BCUT2D eigenvalue weighted by molar-refractivity contribution is 0.169. The monoisotopic (exact) mass is 528 g/mol. The average molecular weight is 529 g/mol. The molecule has 0 aromatic carbocycles. The molecule has 1 spiro atoms. The minimum atomic E-state index is 0.0691. The summed E-state index contributed by atoms with van der Waals surface area (Å²) >= 11 is 0. The molecule has 8 heteroatoms. The molecule has 1 saturated heterocycles. The van der Waals surface area contributed by atoms with Gasteiger partial charge in [0.2, 0.25) is 5.95 Å². The molecular weight excluding hydrogens is 484 g/mol. The van der Waals surface area contributed by atoms with Crippen LogP contribution in [0.5, 0.6) is 0 Å². The van der Waals surface area contributed by atoms with E-state index in [1.165, 1.54) is 76.6 Å². The molecule has 0 atom stereocenters. The van der Waals surface area contributed by atoms with Gasteiger partial charge in [-0.3, -0.25) is 0 Å². The molecule has 3 aliphatic rings. The molecule has 3 aromatic rings. The zero-order chi connectivity index (χ0) is 26.8. The topological polar surface area (TPSA) is 74.1 Å². The van der Waals surface area contributed by atoms with Gasteiger partial charge in [0.1, 0.15) is 11.5 Å². The Morgan fingerprint density at radius 3 is 2.51 bits per heavy atom. The summed E-state index contributed by atoms with van der Waals surface area (Å²) in [5, 5.41) is 8.00. The van der Waals surface area contributed by atoms with Crippen LogP contribution in [0.25, 0.3) is 16.7 Å². The Morgan fingerprint density at radius 2 is 1.82 bits per heavy atom. The lowest BCUT2D eigenvalue weighted by Gasteiger charge is -2.44. The quantitative estimate of drug-likeness (QED) is 0.377. The minimum Gasteiger partial charge on any atom is -0.381 e. The van der Waals surface area contributed by atoms with E-state index >= 15 is 0 Å². The molecule has 1 saturated carbocycles. The first-order chi connectivity index (χ1) is 19.1. The van der Waals surface area contributed by atoms with E-state index in [2.05, 4.69) is 68.6 Å². The summed E-state index contributed by atoms with van der Waals surface area (Å²) in [6, 6.07) is 7.12. The Morgan fingerprint density at radius 1 is 1.05 bits per heavy atom. The summed E-state index contributed by atoms with van der Waals surface area (Å²) in [6.45, 7) is 14.4. The van der Waals surface area contributed by atoms with Crippen LogP contribution in [0.2, 0.25) is 0 Å². The predicted octanol–water partition coefficient (Wildman–Crippen LogP) is 5.89. The molecule has 0 amide bonds. The van der Waals surface area contributed by atoms with Crippen LogP contribution < -0.4 is 15.5 Å². The molecule has 1 aliphatic carbocycles. The number of fused-ring (bicyclic) bond motifs is 4. The molecule has 0 unspecified atom stereocenters. The van der Waals surface area contributed by atoms with Crippen molar-refractivity contribution in [2.75, 3.05) is 42.9 Å². The van der Waals surface area contributed by atoms with Gasteiger partial charge in [-0.25, -0.2) is 9.97 Å². The number of nitrogens with zero attached hydrogens (tertiary/aromatic N) is 6. The Hall–Kier alpha value is -3.13. The Bertz CT molecular complexity index is 1280. The summed E-state index contributed by atoms with van der Waals surface area (Å²) in [4.78, 5) is 19.6. The van der Waals surface area contributed by atoms with Gasteiger partial charge in [-0.05, 0) is 69.8 Å². The van der Waals surface area contributed by atoms with E-state index in [-0.39, 0.29) is 5.54 Å². The highest BCUT2D eigenvalue weighted by molar-refractivity contribution is 5.84. The van der Waals surface area contributed by atoms with Crippen molar-refractivity contribution in [3.63, 3.8) is 0 Å². The summed E-state index contributed by atoms with van der Waals surface area (Å²) in [5.74, 6) is 1.36. The maximum atomic E-state index is 5.01. The van der Waals surface area contributed by atoms with Gasteiger partial charge in [-0.2, -0.15) is 4.98 Å². The summed E-state index contributed by atoms with van der Waals surface area (Å²) in [6.07, 6.45) is 15.0. The van der Waals surface area contributed by atoms with E-state index in [0.717, 1.165) is 47.9 Å². The van der Waals surface area contributed by atoms with E-state index in [0.29, 0.717) is 12.0 Å². The van der Waals surface area contributed by atoms with Crippen LogP contribution in [0.15, 0.2) is 37.2 Å². The summed E-state index contributed by atoms with van der Waals surface area (Å²) in [7, 11) is 0. The molecule has 2 N–H and O–H groups in total. The molecule has 2 fully saturated rings. The van der Waals surface area contributed by atoms with Crippen molar-refractivity contribution < 1.29 is 0 Å². The fourth-order valence-corrected chi connectivity index (χ4v) is 7.10. The third-order valence-electron chi connectivity index (χ3n) is 9.09. The molecule has 208 valence electrons. The number of anilines is 3. The van der Waals surface area contributed by atoms with E-state index in [1.807, 2.05) is 12.4 Å². The number of hydrogen-bond donors (Lipinski definition) is 2. The van der Waals surface area contributed by atoms with Crippen molar-refractivity contribution in [2.24, 2.45) is 0 Å². The first kappa shape index (κ1) is 26.1. The van der Waals surface area contributed by atoms with Gasteiger partial charge < -0.3 is 25.0 Å². The third kappa shape index (κ3) is 5.11. The van der Waals surface area contributed by atoms with Gasteiger partial charge >= 0.3 is 0 Å². The molecule has 2 aliphatic heterocycles. The minimum absolute atomic E-state index is 0.0691. The molecule has 0 bridgehead atoms. The lowest BCUT2D eigenvalue weighted by atomic mass is 9.80. The average Bonchev–Trinajstić information content (AvgIpc) is 3.37. The third-order valence-corrected chi connectivity index (χ3v) is 9.09. The number of pyridine rings is 1. The standard InChI is InChI=1S/C31H44N8/c1-4-15-37(16-5-2)25-11-17-38(18-12-25)26-9-10-28(32-21-26)35-30-33-20-24-19-27-23(3)34-22-31(13-7-6-8-14-31)39(27)29(24)36-30/h9-10,19-21,25,34H,3-8,11-18,22H2,1-2H3,(H,32,33,35,36). The highest BCUT2D eigenvalue weighted by Gasteiger charge is 2.40. The van der Waals surface area contributed by atoms with Gasteiger partial charge in [0.05, 0.1) is 28.8 Å². The molecule has 5 heterocycles. The van der Waals surface area contributed by atoms with Crippen LogP contribution in [0, 0.1) is 0 Å². The van der Waals surface area contributed by atoms with Crippen LogP contribution >= 0.6 is 0 Å². The molecule has 3 aromatic heterocycles. The van der Waals surface area contributed by atoms with Crippen LogP contribution in [-0.4, -0.2) is 63.2 Å². The van der Waals surface area contributed by atoms with Crippen LogP contribution in [-0.2, 0) is 5.54 Å². The number of rotatable bonds is 8. The zero-order valence-electron chi connectivity index (χ0n) is 23.8. The number of aromatic nitrogens is 4. The highest BCUT2D eigenvalue weighted by atomic mass is 15.2. The van der Waals surface area contributed by atoms with Crippen molar-refractivity contribution in [1.29, 1.82) is 0 Å². The second kappa shape index (κ2) is 11.2. The fraction of sp³-hybridized carbons (Fsp3) is 0.581. The Kier molecular flexibility index (Phi) is 7.47. The summed E-state index contributed by atoms with van der Waals surface area (Å²) < 4.78 is 2.45. The second-order valence-electron chi connectivity index (χ2n) is 11.7. The number of piperidine rings is 1. The summed E-state index contributed by atoms with van der Waals surface area (Å²) in [5.41, 5.74) is 4.37. The lowest BCUT2D eigenvalue weighted by Crippen LogP contribution is -2.48. The number of hydrogen-bond acceptors (Lipinski definition) is 7. The van der Waals surface area contributed by atoms with Crippen LogP contribution in [0.1, 0.15) is 77.3 Å².